The highest BCUT2D eigenvalue weighted by atomic mass is 79.9. The van der Waals surface area contributed by atoms with Gasteiger partial charge in [0.1, 0.15) is 5.75 Å². The monoisotopic (exact) mass is 557 g/mol. The number of ether oxygens (including phenoxy) is 1. The summed E-state index contributed by atoms with van der Waals surface area (Å²) >= 11 is 15.1. The first kappa shape index (κ1) is 23.6. The third-order valence-electron chi connectivity index (χ3n) is 4.97. The van der Waals surface area contributed by atoms with Crippen molar-refractivity contribution >= 4 is 50.8 Å². The maximum absolute atomic E-state index is 14.1. The number of benzene rings is 3. The Morgan fingerprint density at radius 3 is 2.30 bits per heavy atom. The molecule has 3 aromatic rings. The number of oxime groups is 1. The van der Waals surface area contributed by atoms with Gasteiger partial charge in [0.2, 0.25) is 0 Å². The summed E-state index contributed by atoms with van der Waals surface area (Å²) in [4.78, 5) is 17.3. The van der Waals surface area contributed by atoms with Gasteiger partial charge in [-0.25, -0.2) is 4.79 Å². The Kier molecular flexibility index (Phi) is 6.44. The maximum Gasteiger partial charge on any atom is 0.435 e. The lowest BCUT2D eigenvalue weighted by Crippen LogP contribution is -2.42. The van der Waals surface area contributed by atoms with Crippen LogP contribution in [0, 0.1) is 0 Å². The van der Waals surface area contributed by atoms with Gasteiger partial charge in [-0.1, -0.05) is 50.4 Å². The summed E-state index contributed by atoms with van der Waals surface area (Å²) in [5.74, 6) is -0.341. The van der Waals surface area contributed by atoms with Gasteiger partial charge in [-0.3, -0.25) is 0 Å². The van der Waals surface area contributed by atoms with Gasteiger partial charge >= 0.3 is 12.1 Å². The molecule has 1 heterocycles. The minimum atomic E-state index is -4.79. The molecular formula is C23H13BrCl2F3NO3. The van der Waals surface area contributed by atoms with E-state index in [2.05, 4.69) is 21.1 Å². The van der Waals surface area contributed by atoms with Crippen molar-refractivity contribution in [2.75, 3.05) is 0 Å². The fourth-order valence-electron chi connectivity index (χ4n) is 3.34. The molecule has 0 bridgehead atoms. The zero-order chi connectivity index (χ0) is 23.8. The maximum atomic E-state index is 14.1. The van der Waals surface area contributed by atoms with Crippen molar-refractivity contribution in [1.82, 2.24) is 0 Å². The van der Waals surface area contributed by atoms with Crippen molar-refractivity contribution in [2.45, 2.75) is 18.2 Å². The van der Waals surface area contributed by atoms with Crippen LogP contribution in [0.25, 0.3) is 0 Å². The summed E-state index contributed by atoms with van der Waals surface area (Å²) in [6.45, 7) is 0. The van der Waals surface area contributed by atoms with Gasteiger partial charge in [0, 0.05) is 26.5 Å². The largest absolute Gasteiger partial charge is 0.435 e. The summed E-state index contributed by atoms with van der Waals surface area (Å²) in [6, 6.07) is 16.3. The number of nitrogens with zero attached hydrogens (tertiary/aromatic N) is 1. The van der Waals surface area contributed by atoms with Crippen molar-refractivity contribution < 1.29 is 27.5 Å². The van der Waals surface area contributed by atoms with E-state index in [1.807, 2.05) is 0 Å². The van der Waals surface area contributed by atoms with E-state index in [0.717, 1.165) is 16.6 Å². The number of alkyl halides is 3. The Bertz CT molecular complexity index is 1230. The van der Waals surface area contributed by atoms with Crippen LogP contribution in [0.15, 0.2) is 76.4 Å². The Labute approximate surface area is 205 Å². The number of esters is 1. The smallest absolute Gasteiger partial charge is 0.423 e. The Morgan fingerprint density at radius 1 is 1.03 bits per heavy atom. The lowest BCUT2D eigenvalue weighted by Gasteiger charge is -2.29. The van der Waals surface area contributed by atoms with Crippen LogP contribution in [-0.2, 0) is 10.4 Å². The fourth-order valence-corrected chi connectivity index (χ4v) is 4.27. The van der Waals surface area contributed by atoms with Crippen molar-refractivity contribution in [3.63, 3.8) is 0 Å². The highest BCUT2D eigenvalue weighted by Crippen LogP contribution is 2.49. The zero-order valence-corrected chi connectivity index (χ0v) is 19.6. The predicted octanol–water partition coefficient (Wildman–Crippen LogP) is 7.56. The average Bonchev–Trinajstić information content (AvgIpc) is 3.21. The predicted molar refractivity (Wildman–Crippen MR) is 122 cm³/mol. The van der Waals surface area contributed by atoms with Crippen molar-refractivity contribution in [3.8, 4) is 5.75 Å². The third-order valence-corrected chi connectivity index (χ3v) is 5.90. The van der Waals surface area contributed by atoms with Gasteiger partial charge in [-0.15, -0.1) is 0 Å². The molecule has 0 saturated heterocycles. The molecule has 4 rings (SSSR count). The number of hydrogen-bond acceptors (Lipinski definition) is 4. The van der Waals surface area contributed by atoms with Crippen LogP contribution >= 0.6 is 39.1 Å². The van der Waals surface area contributed by atoms with Crippen molar-refractivity contribution in [3.05, 3.63) is 97.9 Å². The molecule has 0 spiro atoms. The number of carbonyl (C=O) groups is 1. The summed E-state index contributed by atoms with van der Waals surface area (Å²) in [6.07, 6.45) is -5.37. The summed E-state index contributed by atoms with van der Waals surface area (Å²) < 4.78 is 48.4. The summed E-state index contributed by atoms with van der Waals surface area (Å²) in [7, 11) is 0. The fraction of sp³-hybridized carbons (Fsp3) is 0.130. The Hall–Kier alpha value is -2.55. The highest BCUT2D eigenvalue weighted by Gasteiger charge is 2.62. The third kappa shape index (κ3) is 4.88. The molecule has 0 aliphatic carbocycles. The van der Waals surface area contributed by atoms with E-state index in [4.69, 9.17) is 32.8 Å². The normalized spacial score (nSPS) is 17.9. The van der Waals surface area contributed by atoms with Crippen LogP contribution in [0.2, 0.25) is 10.0 Å². The van der Waals surface area contributed by atoms with E-state index < -0.39 is 24.2 Å². The average molecular weight is 559 g/mol. The number of rotatable bonds is 4. The van der Waals surface area contributed by atoms with Crippen LogP contribution in [-0.4, -0.2) is 17.9 Å². The van der Waals surface area contributed by atoms with Crippen LogP contribution < -0.4 is 4.74 Å². The van der Waals surface area contributed by atoms with E-state index in [0.29, 0.717) is 11.1 Å². The van der Waals surface area contributed by atoms with E-state index >= 15 is 0 Å². The topological polar surface area (TPSA) is 47.9 Å². The SMILES string of the molecule is O=C(Oc1ccc(C2=NOC(c3cc(Cl)cc(Cl)c3)(C(F)(F)F)C2)cc1)c1cccc(Br)c1. The second kappa shape index (κ2) is 9.00. The lowest BCUT2D eigenvalue weighted by atomic mass is 9.86. The summed E-state index contributed by atoms with van der Waals surface area (Å²) in [5.41, 5.74) is -2.16. The minimum Gasteiger partial charge on any atom is -0.423 e. The van der Waals surface area contributed by atoms with Crippen molar-refractivity contribution in [2.24, 2.45) is 5.16 Å². The molecule has 0 saturated carbocycles. The molecule has 1 atom stereocenters. The van der Waals surface area contributed by atoms with Gasteiger partial charge in [0.05, 0.1) is 11.3 Å². The van der Waals surface area contributed by atoms with E-state index in [1.54, 1.807) is 24.3 Å². The first-order chi connectivity index (χ1) is 15.6. The molecule has 0 aromatic heterocycles. The molecule has 1 unspecified atom stereocenters. The quantitative estimate of drug-likeness (QED) is 0.245. The molecule has 0 fully saturated rings. The number of halogens is 6. The molecule has 1 aliphatic rings. The lowest BCUT2D eigenvalue weighted by molar-refractivity contribution is -0.275. The van der Waals surface area contributed by atoms with Gasteiger partial charge < -0.3 is 9.57 Å². The van der Waals surface area contributed by atoms with E-state index in [-0.39, 0.29) is 27.1 Å². The molecule has 10 heteroatoms. The zero-order valence-electron chi connectivity index (χ0n) is 16.5. The molecule has 33 heavy (non-hydrogen) atoms. The Morgan fingerprint density at radius 2 is 1.70 bits per heavy atom. The molecule has 0 radical (unpaired) electrons. The van der Waals surface area contributed by atoms with Crippen LogP contribution in [0.5, 0.6) is 5.75 Å². The van der Waals surface area contributed by atoms with Gasteiger partial charge in [0.15, 0.2) is 0 Å². The minimum absolute atomic E-state index is 0.0507. The molecule has 170 valence electrons. The molecule has 0 N–H and O–H groups in total. The molecule has 0 amide bonds. The molecule has 1 aliphatic heterocycles. The number of hydrogen-bond donors (Lipinski definition) is 0. The number of carbonyl (C=O) groups excluding carboxylic acids is 1. The van der Waals surface area contributed by atoms with Crippen LogP contribution in [0.1, 0.15) is 27.9 Å². The van der Waals surface area contributed by atoms with Gasteiger partial charge in [-0.2, -0.15) is 13.2 Å². The van der Waals surface area contributed by atoms with Crippen molar-refractivity contribution in [1.29, 1.82) is 0 Å². The second-order valence-electron chi connectivity index (χ2n) is 7.21. The van der Waals surface area contributed by atoms with Gasteiger partial charge in [-0.05, 0) is 66.2 Å². The van der Waals surface area contributed by atoms with E-state index in [1.165, 1.54) is 30.3 Å². The second-order valence-corrected chi connectivity index (χ2v) is 9.00. The van der Waals surface area contributed by atoms with Crippen LogP contribution in [0.4, 0.5) is 13.2 Å². The standard InChI is InChI=1S/C23H13BrCl2F3NO3/c24-16-3-1-2-14(8-16)21(31)32-19-6-4-13(5-7-19)20-12-22(33-30-20,23(27,28)29)15-9-17(25)11-18(26)10-15/h1-11H,12H2. The van der Waals surface area contributed by atoms with E-state index in [9.17, 15) is 18.0 Å². The molecular weight excluding hydrogens is 546 g/mol. The Balaban J connectivity index is 1.55. The highest BCUT2D eigenvalue weighted by molar-refractivity contribution is 9.10. The van der Waals surface area contributed by atoms with Gasteiger partial charge in [0.25, 0.3) is 5.60 Å². The first-order valence-electron chi connectivity index (χ1n) is 9.44. The molecule has 3 aromatic carbocycles. The first-order valence-corrected chi connectivity index (χ1v) is 11.0. The molecule has 4 nitrogen and oxygen atoms in total. The summed E-state index contributed by atoms with van der Waals surface area (Å²) in [5, 5.41) is 3.81. The van der Waals surface area contributed by atoms with Crippen LogP contribution in [0.3, 0.4) is 0 Å².